The monoisotopic (exact) mass is 1060 g/mol. The molecule has 0 heterocycles. The standard InChI is InChI=1S/C65H107N2O7P/c1-6-8-10-12-14-16-18-20-21-22-23-24-25-26-27-28-29-30-31-32-33-34-35-36-37-38-39-40-41-42-43-44-45-46-48-50-52-54-56-58-64(69)66-62(61-74-75(71,72)73-60-59-67(3,4)5)65(70)63(68)57-55-53-51-49-47-19-17-15-13-11-9-7-2/h7-10,14-17,20-21,23-24,26-27,29-30,32-33,35-36,38-39,41-42,49,51,62-63,65,68,70H,6,11-13,18-19,22,25,28,31,34,37,40,43-48,50,52-61H2,1-5H3,(H-,66,69,71,72)/p+1/b9-7+,10-8-,16-14-,17-15+,21-20-,24-23-,27-26-,30-29-,33-32-,36-35-,39-38-,42-41-,51-49+. The number of carbonyl (C=O) groups excluding carboxylic acids is 1. The summed E-state index contributed by atoms with van der Waals surface area (Å²) in [4.78, 5) is 23.3. The van der Waals surface area contributed by atoms with E-state index in [1.54, 1.807) is 0 Å². The second-order valence-electron chi connectivity index (χ2n) is 20.1. The molecule has 4 N–H and O–H groups in total. The summed E-state index contributed by atoms with van der Waals surface area (Å²) in [5.74, 6) is -0.292. The summed E-state index contributed by atoms with van der Waals surface area (Å²) in [5.41, 5.74) is 0. The molecule has 0 spiro atoms. The lowest BCUT2D eigenvalue weighted by molar-refractivity contribution is -0.870. The van der Waals surface area contributed by atoms with Crippen LogP contribution in [0.3, 0.4) is 0 Å². The Morgan fingerprint density at radius 2 is 0.853 bits per heavy atom. The molecule has 0 aromatic rings. The van der Waals surface area contributed by atoms with Crippen LogP contribution in [0, 0.1) is 0 Å². The fourth-order valence-corrected chi connectivity index (χ4v) is 8.12. The number of aliphatic hydroxyl groups is 2. The first-order valence-electron chi connectivity index (χ1n) is 28.9. The van der Waals surface area contributed by atoms with E-state index in [0.717, 1.165) is 122 Å². The van der Waals surface area contributed by atoms with Gasteiger partial charge in [-0.3, -0.25) is 13.8 Å². The van der Waals surface area contributed by atoms with Crippen molar-refractivity contribution in [1.29, 1.82) is 0 Å². The first kappa shape index (κ1) is 71.1. The number of phosphoric acid groups is 1. The highest BCUT2D eigenvalue weighted by molar-refractivity contribution is 7.47. The Labute approximate surface area is 459 Å². The molecule has 0 saturated heterocycles. The van der Waals surface area contributed by atoms with Gasteiger partial charge in [0.1, 0.15) is 19.3 Å². The number of likely N-dealkylation sites (N-methyl/N-ethyl adjacent to an activating group) is 1. The average Bonchev–Trinajstić information content (AvgIpc) is 3.37. The lowest BCUT2D eigenvalue weighted by Crippen LogP contribution is -2.51. The molecule has 0 aromatic carbocycles. The van der Waals surface area contributed by atoms with E-state index in [0.29, 0.717) is 30.3 Å². The van der Waals surface area contributed by atoms with Crippen LogP contribution in [0.15, 0.2) is 158 Å². The maximum absolute atomic E-state index is 13.0. The fourth-order valence-electron chi connectivity index (χ4n) is 7.39. The molecule has 0 aliphatic carbocycles. The number of nitrogens with one attached hydrogen (secondary N) is 1. The Hall–Kier alpha value is -3.92. The number of rotatable bonds is 50. The summed E-state index contributed by atoms with van der Waals surface area (Å²) >= 11 is 0. The van der Waals surface area contributed by atoms with Crippen LogP contribution in [0.2, 0.25) is 0 Å². The first-order chi connectivity index (χ1) is 36.4. The fraction of sp³-hybridized carbons (Fsp3) is 0.585. The lowest BCUT2D eigenvalue weighted by atomic mass is 10.0. The van der Waals surface area contributed by atoms with Gasteiger partial charge >= 0.3 is 7.82 Å². The molecule has 0 rings (SSSR count). The van der Waals surface area contributed by atoms with Crippen LogP contribution >= 0.6 is 7.82 Å². The lowest BCUT2D eigenvalue weighted by Gasteiger charge is -2.28. The Morgan fingerprint density at radius 1 is 0.493 bits per heavy atom. The molecule has 1 amide bonds. The smallest absolute Gasteiger partial charge is 0.390 e. The summed E-state index contributed by atoms with van der Waals surface area (Å²) < 4.78 is 23.6. The quantitative estimate of drug-likeness (QED) is 0.0207. The highest BCUT2D eigenvalue weighted by atomic mass is 31.2. The number of aliphatic hydroxyl groups excluding tert-OH is 2. The van der Waals surface area contributed by atoms with E-state index in [2.05, 4.69) is 170 Å². The molecule has 0 fully saturated rings. The topological polar surface area (TPSA) is 125 Å². The van der Waals surface area contributed by atoms with Crippen molar-refractivity contribution in [3.8, 4) is 0 Å². The molecule has 4 unspecified atom stereocenters. The SMILES string of the molecule is C/C=C/CC/C=C/CC/C=C/CCCC(O)C(O)C(COP(=O)(O)OCC[N+](C)(C)C)NC(=O)CCCCCCCCCC/C=C\C/C=C\C/C=C\C/C=C\C/C=C\C/C=C\C/C=C\C/C=C\C/C=C\C/C=C\CC. The predicted molar refractivity (Wildman–Crippen MR) is 323 cm³/mol. The average molecular weight is 1060 g/mol. The highest BCUT2D eigenvalue weighted by Gasteiger charge is 2.31. The molecule has 424 valence electrons. The summed E-state index contributed by atoms with van der Waals surface area (Å²) in [6.45, 7) is 4.21. The molecule has 0 radical (unpaired) electrons. The number of unbranched alkanes of at least 4 members (excludes halogenated alkanes) is 11. The zero-order chi connectivity index (χ0) is 55.0. The Balaban J connectivity index is 4.22. The second kappa shape index (κ2) is 53.5. The highest BCUT2D eigenvalue weighted by Crippen LogP contribution is 2.43. The van der Waals surface area contributed by atoms with Gasteiger partial charge < -0.3 is 24.9 Å². The Bertz CT molecular complexity index is 1790. The minimum Gasteiger partial charge on any atom is -0.390 e. The van der Waals surface area contributed by atoms with Crippen LogP contribution in [0.25, 0.3) is 0 Å². The van der Waals surface area contributed by atoms with E-state index in [4.69, 9.17) is 9.05 Å². The van der Waals surface area contributed by atoms with Gasteiger partial charge in [0, 0.05) is 6.42 Å². The van der Waals surface area contributed by atoms with Crippen molar-refractivity contribution in [1.82, 2.24) is 5.32 Å². The number of carbonyl (C=O) groups is 1. The zero-order valence-electron chi connectivity index (χ0n) is 47.8. The van der Waals surface area contributed by atoms with Gasteiger partial charge in [-0.25, -0.2) is 4.57 Å². The van der Waals surface area contributed by atoms with Gasteiger partial charge in [0.15, 0.2) is 0 Å². The molecule has 0 aliphatic rings. The minimum absolute atomic E-state index is 0.00198. The van der Waals surface area contributed by atoms with Crippen LogP contribution in [0.4, 0.5) is 0 Å². The number of allylic oxidation sites excluding steroid dienone is 26. The van der Waals surface area contributed by atoms with Crippen molar-refractivity contribution in [2.24, 2.45) is 0 Å². The number of hydrogen-bond acceptors (Lipinski definition) is 6. The minimum atomic E-state index is -4.45. The normalized spacial score (nSPS) is 15.5. The van der Waals surface area contributed by atoms with Crippen molar-refractivity contribution in [3.05, 3.63) is 158 Å². The van der Waals surface area contributed by atoms with E-state index >= 15 is 0 Å². The number of amides is 1. The van der Waals surface area contributed by atoms with Crippen LogP contribution in [0.5, 0.6) is 0 Å². The molecule has 0 bridgehead atoms. The van der Waals surface area contributed by atoms with Crippen molar-refractivity contribution in [2.75, 3.05) is 40.9 Å². The van der Waals surface area contributed by atoms with Crippen LogP contribution in [0.1, 0.15) is 187 Å². The first-order valence-corrected chi connectivity index (χ1v) is 30.4. The third-order valence-electron chi connectivity index (χ3n) is 11.9. The van der Waals surface area contributed by atoms with Crippen LogP contribution in [-0.4, -0.2) is 84.6 Å². The van der Waals surface area contributed by atoms with Crippen molar-refractivity contribution < 1.29 is 38.0 Å². The van der Waals surface area contributed by atoms with Gasteiger partial charge in [-0.2, -0.15) is 0 Å². The number of nitrogens with zero attached hydrogens (tertiary/aromatic N) is 1. The third-order valence-corrected chi connectivity index (χ3v) is 12.9. The molecular formula is C65H108N2O7P+. The summed E-state index contributed by atoms with van der Waals surface area (Å²) in [6, 6.07) is -1.08. The van der Waals surface area contributed by atoms with Gasteiger partial charge in [-0.05, 0) is 135 Å². The Morgan fingerprint density at radius 3 is 1.28 bits per heavy atom. The van der Waals surface area contributed by atoms with E-state index in [1.807, 2.05) is 28.1 Å². The summed E-state index contributed by atoms with van der Waals surface area (Å²) in [6.07, 6.45) is 80.7. The van der Waals surface area contributed by atoms with E-state index in [9.17, 15) is 24.5 Å². The van der Waals surface area contributed by atoms with E-state index in [-0.39, 0.29) is 18.9 Å². The molecular weight excluding hydrogens is 952 g/mol. The van der Waals surface area contributed by atoms with Gasteiger partial charge in [-0.15, -0.1) is 0 Å². The number of quaternary nitrogens is 1. The Kier molecular flexibility index (Phi) is 50.7. The number of hydrogen-bond donors (Lipinski definition) is 4. The number of phosphoric ester groups is 1. The molecule has 9 nitrogen and oxygen atoms in total. The second-order valence-corrected chi connectivity index (χ2v) is 21.5. The van der Waals surface area contributed by atoms with Crippen molar-refractivity contribution >= 4 is 13.7 Å². The van der Waals surface area contributed by atoms with Crippen molar-refractivity contribution in [2.45, 2.75) is 205 Å². The maximum atomic E-state index is 13.0. The maximum Gasteiger partial charge on any atom is 0.472 e. The largest absolute Gasteiger partial charge is 0.472 e. The van der Waals surface area contributed by atoms with Gasteiger partial charge in [-0.1, -0.05) is 203 Å². The van der Waals surface area contributed by atoms with E-state index in [1.165, 1.54) is 25.7 Å². The molecule has 10 heteroatoms. The van der Waals surface area contributed by atoms with Gasteiger partial charge in [0.05, 0.1) is 39.9 Å². The van der Waals surface area contributed by atoms with Gasteiger partial charge in [0.25, 0.3) is 0 Å². The summed E-state index contributed by atoms with van der Waals surface area (Å²) in [7, 11) is 1.37. The van der Waals surface area contributed by atoms with Crippen LogP contribution in [-0.2, 0) is 18.4 Å². The predicted octanol–water partition coefficient (Wildman–Crippen LogP) is 16.8. The van der Waals surface area contributed by atoms with Gasteiger partial charge in [0.2, 0.25) is 5.91 Å². The zero-order valence-corrected chi connectivity index (χ0v) is 48.7. The summed E-state index contributed by atoms with van der Waals surface area (Å²) in [5, 5.41) is 24.7. The molecule has 0 aromatic heterocycles. The molecule has 0 aliphatic heterocycles. The van der Waals surface area contributed by atoms with Crippen LogP contribution < -0.4 is 5.32 Å². The third kappa shape index (κ3) is 54.7. The van der Waals surface area contributed by atoms with E-state index < -0.39 is 32.7 Å². The molecule has 4 atom stereocenters. The molecule has 75 heavy (non-hydrogen) atoms. The molecule has 0 saturated carbocycles. The van der Waals surface area contributed by atoms with Crippen molar-refractivity contribution in [3.63, 3.8) is 0 Å².